The van der Waals surface area contributed by atoms with Crippen LogP contribution in [-0.2, 0) is 9.59 Å². The standard InChI is InChI=1S/C25H31FN4O4/c1-16(2)18-9-10-20(27-14-18)23(17-7-5-4-6-8-17)28-24(32)21-13-19(26)15-30(21)22(31)11-12-29(3)25(33)34/h4-10,14,16,19,21,23H,11-13,15H2,1-3H3,(H,28,32)(H,33,34)/t19-,21+,23+/m1/s1. The predicted octanol–water partition coefficient (Wildman–Crippen LogP) is 3.35. The van der Waals surface area contributed by atoms with Crippen molar-refractivity contribution in [2.75, 3.05) is 20.1 Å². The lowest BCUT2D eigenvalue weighted by Crippen LogP contribution is -2.47. The van der Waals surface area contributed by atoms with Gasteiger partial charge in [-0.25, -0.2) is 9.18 Å². The molecule has 2 N–H and O–H groups in total. The first kappa shape index (κ1) is 25.1. The lowest BCUT2D eigenvalue weighted by molar-refractivity contribution is -0.138. The van der Waals surface area contributed by atoms with Gasteiger partial charge >= 0.3 is 6.09 Å². The summed E-state index contributed by atoms with van der Waals surface area (Å²) in [6.07, 6.45) is -0.929. The Kier molecular flexibility index (Phi) is 8.20. The minimum absolute atomic E-state index is 0.0330. The van der Waals surface area contributed by atoms with Crippen molar-refractivity contribution < 1.29 is 23.9 Å². The molecular formula is C25H31FN4O4. The van der Waals surface area contributed by atoms with Crippen molar-refractivity contribution in [3.05, 3.63) is 65.5 Å². The van der Waals surface area contributed by atoms with Crippen LogP contribution in [0.25, 0.3) is 0 Å². The van der Waals surface area contributed by atoms with Crippen LogP contribution in [0.2, 0.25) is 0 Å². The van der Waals surface area contributed by atoms with Crippen molar-refractivity contribution in [2.45, 2.75) is 50.9 Å². The van der Waals surface area contributed by atoms with E-state index in [2.05, 4.69) is 24.1 Å². The van der Waals surface area contributed by atoms with Crippen molar-refractivity contribution in [3.63, 3.8) is 0 Å². The predicted molar refractivity (Wildman–Crippen MR) is 125 cm³/mol. The van der Waals surface area contributed by atoms with Gasteiger partial charge in [-0.15, -0.1) is 0 Å². The van der Waals surface area contributed by atoms with Gasteiger partial charge in [0.15, 0.2) is 0 Å². The zero-order valence-electron chi connectivity index (χ0n) is 19.6. The van der Waals surface area contributed by atoms with E-state index in [0.717, 1.165) is 16.0 Å². The highest BCUT2D eigenvalue weighted by Gasteiger charge is 2.40. The molecule has 0 aliphatic carbocycles. The number of carboxylic acid groups (broad SMARTS) is 1. The van der Waals surface area contributed by atoms with E-state index in [1.807, 2.05) is 42.5 Å². The van der Waals surface area contributed by atoms with E-state index in [4.69, 9.17) is 5.11 Å². The maximum Gasteiger partial charge on any atom is 0.407 e. The molecule has 1 fully saturated rings. The Balaban J connectivity index is 1.79. The number of rotatable bonds is 8. The van der Waals surface area contributed by atoms with E-state index in [0.29, 0.717) is 11.6 Å². The Hall–Kier alpha value is -3.49. The van der Waals surface area contributed by atoms with Gasteiger partial charge in [-0.3, -0.25) is 14.6 Å². The summed E-state index contributed by atoms with van der Waals surface area (Å²) in [7, 11) is 1.35. The van der Waals surface area contributed by atoms with Gasteiger partial charge in [0.2, 0.25) is 11.8 Å². The molecule has 0 unspecified atom stereocenters. The highest BCUT2D eigenvalue weighted by atomic mass is 19.1. The molecular weight excluding hydrogens is 439 g/mol. The van der Waals surface area contributed by atoms with Crippen LogP contribution in [-0.4, -0.2) is 70.1 Å². The summed E-state index contributed by atoms with van der Waals surface area (Å²) in [5.41, 5.74) is 2.53. The number of hydrogen-bond donors (Lipinski definition) is 2. The number of alkyl halides is 1. The van der Waals surface area contributed by atoms with Crippen LogP contribution in [0.15, 0.2) is 48.7 Å². The molecule has 34 heavy (non-hydrogen) atoms. The van der Waals surface area contributed by atoms with Crippen molar-refractivity contribution >= 4 is 17.9 Å². The number of hydrogen-bond acceptors (Lipinski definition) is 4. The molecule has 9 heteroatoms. The Morgan fingerprint density at radius 2 is 1.88 bits per heavy atom. The molecule has 1 aliphatic heterocycles. The van der Waals surface area contributed by atoms with Crippen LogP contribution in [0.4, 0.5) is 9.18 Å². The van der Waals surface area contributed by atoms with Crippen LogP contribution in [0.3, 0.4) is 0 Å². The van der Waals surface area contributed by atoms with Gasteiger partial charge in [0.25, 0.3) is 0 Å². The quantitative estimate of drug-likeness (QED) is 0.616. The molecule has 2 heterocycles. The van der Waals surface area contributed by atoms with Crippen LogP contribution in [0, 0.1) is 0 Å². The summed E-state index contributed by atoms with van der Waals surface area (Å²) >= 11 is 0. The minimum Gasteiger partial charge on any atom is -0.465 e. The van der Waals surface area contributed by atoms with Crippen molar-refractivity contribution in [2.24, 2.45) is 0 Å². The smallest absolute Gasteiger partial charge is 0.407 e. The topological polar surface area (TPSA) is 103 Å². The second-order valence-electron chi connectivity index (χ2n) is 8.87. The van der Waals surface area contributed by atoms with Gasteiger partial charge in [0.05, 0.1) is 18.3 Å². The fraction of sp³-hybridized carbons (Fsp3) is 0.440. The van der Waals surface area contributed by atoms with E-state index in [9.17, 15) is 18.8 Å². The molecule has 3 rings (SSSR count). The Labute approximate surface area is 198 Å². The number of carbonyl (C=O) groups excluding carboxylic acids is 2. The second-order valence-corrected chi connectivity index (χ2v) is 8.87. The Bertz CT molecular complexity index is 1000. The molecule has 3 amide bonds. The van der Waals surface area contributed by atoms with Crippen molar-refractivity contribution in [1.82, 2.24) is 20.1 Å². The molecule has 0 saturated carbocycles. The van der Waals surface area contributed by atoms with Crippen molar-refractivity contribution in [1.29, 1.82) is 0 Å². The lowest BCUT2D eigenvalue weighted by Gasteiger charge is -2.27. The van der Waals surface area contributed by atoms with E-state index in [-0.39, 0.29) is 25.9 Å². The number of pyridine rings is 1. The number of nitrogens with zero attached hydrogens (tertiary/aromatic N) is 3. The van der Waals surface area contributed by atoms with Crippen molar-refractivity contribution in [3.8, 4) is 0 Å². The molecule has 1 aromatic carbocycles. The zero-order valence-corrected chi connectivity index (χ0v) is 19.6. The number of aromatic nitrogens is 1. The van der Waals surface area contributed by atoms with Crippen LogP contribution < -0.4 is 5.32 Å². The van der Waals surface area contributed by atoms with Crippen LogP contribution >= 0.6 is 0 Å². The molecule has 1 aliphatic rings. The number of likely N-dealkylation sites (tertiary alicyclic amines) is 1. The molecule has 182 valence electrons. The normalized spacial score (nSPS) is 18.6. The van der Waals surface area contributed by atoms with Gasteiger partial charge in [-0.2, -0.15) is 0 Å². The molecule has 0 spiro atoms. The summed E-state index contributed by atoms with van der Waals surface area (Å²) in [6.45, 7) is 3.92. The fourth-order valence-corrected chi connectivity index (χ4v) is 3.95. The summed E-state index contributed by atoms with van der Waals surface area (Å²) in [6, 6.07) is 11.6. The van der Waals surface area contributed by atoms with Gasteiger partial charge in [0.1, 0.15) is 12.2 Å². The summed E-state index contributed by atoms with van der Waals surface area (Å²) in [5, 5.41) is 11.9. The molecule has 2 aromatic rings. The van der Waals surface area contributed by atoms with Crippen LogP contribution in [0.5, 0.6) is 0 Å². The number of halogens is 1. The SMILES string of the molecule is CC(C)c1ccc([C@@H](NC(=O)[C@@H]2C[C@@H](F)CN2C(=O)CCN(C)C(=O)O)c2ccccc2)nc1. The molecule has 1 saturated heterocycles. The molecule has 0 radical (unpaired) electrons. The first-order valence-electron chi connectivity index (χ1n) is 11.4. The van der Waals surface area contributed by atoms with E-state index in [1.54, 1.807) is 6.20 Å². The highest BCUT2D eigenvalue weighted by molar-refractivity contribution is 5.89. The molecule has 3 atom stereocenters. The molecule has 0 bridgehead atoms. The van der Waals surface area contributed by atoms with Crippen LogP contribution in [0.1, 0.15) is 55.5 Å². The zero-order chi connectivity index (χ0) is 24.8. The lowest BCUT2D eigenvalue weighted by atomic mass is 10.00. The van der Waals surface area contributed by atoms with Gasteiger partial charge in [-0.1, -0.05) is 50.2 Å². The van der Waals surface area contributed by atoms with Gasteiger partial charge < -0.3 is 20.2 Å². The summed E-state index contributed by atoms with van der Waals surface area (Å²) in [4.78, 5) is 43.7. The minimum atomic E-state index is -1.32. The number of amides is 3. The maximum absolute atomic E-state index is 14.3. The first-order chi connectivity index (χ1) is 16.2. The highest BCUT2D eigenvalue weighted by Crippen LogP contribution is 2.26. The maximum atomic E-state index is 14.3. The Morgan fingerprint density at radius 3 is 2.47 bits per heavy atom. The Morgan fingerprint density at radius 1 is 1.18 bits per heavy atom. The first-order valence-corrected chi connectivity index (χ1v) is 11.4. The van der Waals surface area contributed by atoms with E-state index < -0.39 is 36.2 Å². The molecule has 1 aromatic heterocycles. The van der Waals surface area contributed by atoms with Gasteiger partial charge in [0, 0.05) is 32.6 Å². The summed E-state index contributed by atoms with van der Waals surface area (Å²) in [5.74, 6) is -0.612. The third kappa shape index (κ3) is 6.09. The number of carbonyl (C=O) groups is 3. The number of nitrogens with one attached hydrogen (secondary N) is 1. The second kappa shape index (κ2) is 11.1. The van der Waals surface area contributed by atoms with Gasteiger partial charge in [-0.05, 0) is 23.1 Å². The monoisotopic (exact) mass is 470 g/mol. The fourth-order valence-electron chi connectivity index (χ4n) is 3.95. The number of benzene rings is 1. The third-order valence-corrected chi connectivity index (χ3v) is 6.05. The average Bonchev–Trinajstić information content (AvgIpc) is 3.23. The summed E-state index contributed by atoms with van der Waals surface area (Å²) < 4.78 is 14.3. The van der Waals surface area contributed by atoms with E-state index in [1.165, 1.54) is 11.9 Å². The largest absolute Gasteiger partial charge is 0.465 e. The van der Waals surface area contributed by atoms with E-state index >= 15 is 0 Å². The third-order valence-electron chi connectivity index (χ3n) is 6.05. The molecule has 8 nitrogen and oxygen atoms in total. The average molecular weight is 471 g/mol.